The number of carbonyl (C=O) groups excluding carboxylic acids is 1. The van der Waals surface area contributed by atoms with E-state index in [9.17, 15) is 4.79 Å². The molecule has 1 aromatic rings. The van der Waals surface area contributed by atoms with E-state index < -0.39 is 6.04 Å². The summed E-state index contributed by atoms with van der Waals surface area (Å²) in [6, 6.07) is -0.763. The van der Waals surface area contributed by atoms with Crippen LogP contribution >= 0.6 is 0 Å². The molecule has 4 N–H and O–H groups in total. The van der Waals surface area contributed by atoms with Crippen molar-refractivity contribution in [2.24, 2.45) is 11.1 Å². The Bertz CT molecular complexity index is 341. The molecule has 6 nitrogen and oxygen atoms in total. The van der Waals surface area contributed by atoms with Crippen LogP contribution in [-0.4, -0.2) is 27.1 Å². The second-order valence-electron chi connectivity index (χ2n) is 4.94. The minimum absolute atomic E-state index is 0.184. The summed E-state index contributed by atoms with van der Waals surface area (Å²) in [4.78, 5) is 15.8. The molecule has 2 atom stereocenters. The molecule has 6 heteroatoms. The Hall–Kier alpha value is -1.43. The fraction of sp³-hybridized carbons (Fsp3) is 0.700. The fourth-order valence-electron chi connectivity index (χ4n) is 1.19. The minimum Gasteiger partial charge on any atom is -0.345 e. The second kappa shape index (κ2) is 4.61. The molecule has 0 fully saturated rings. The highest BCUT2D eigenvalue weighted by Gasteiger charge is 2.28. The quantitative estimate of drug-likeness (QED) is 0.691. The lowest BCUT2D eigenvalue weighted by Gasteiger charge is -2.26. The Labute approximate surface area is 95.0 Å². The SMILES string of the molecule is CC(NC(=O)[C@@H](N)C(C)(C)C)c1ncn[nH]1. The number of carbonyl (C=O) groups is 1. The van der Waals surface area contributed by atoms with Crippen molar-refractivity contribution in [2.75, 3.05) is 0 Å². The Kier molecular flexibility index (Phi) is 3.64. The third-order valence-electron chi connectivity index (χ3n) is 2.42. The first-order valence-corrected chi connectivity index (χ1v) is 5.23. The topological polar surface area (TPSA) is 96.7 Å². The number of nitrogens with two attached hydrogens (primary N) is 1. The number of H-pyrrole nitrogens is 1. The Morgan fingerprint density at radius 1 is 1.56 bits per heavy atom. The van der Waals surface area contributed by atoms with Gasteiger partial charge < -0.3 is 11.1 Å². The average Bonchev–Trinajstić information content (AvgIpc) is 2.67. The van der Waals surface area contributed by atoms with Gasteiger partial charge in [0.25, 0.3) is 0 Å². The third kappa shape index (κ3) is 3.03. The molecular formula is C10H19N5O. The van der Waals surface area contributed by atoms with Crippen molar-refractivity contribution in [1.29, 1.82) is 0 Å². The van der Waals surface area contributed by atoms with Crippen LogP contribution in [0.25, 0.3) is 0 Å². The number of hydrogen-bond acceptors (Lipinski definition) is 4. The van der Waals surface area contributed by atoms with Crippen LogP contribution in [0.4, 0.5) is 0 Å². The first-order valence-electron chi connectivity index (χ1n) is 5.23. The van der Waals surface area contributed by atoms with E-state index in [-0.39, 0.29) is 17.4 Å². The Morgan fingerprint density at radius 2 is 2.19 bits per heavy atom. The fourth-order valence-corrected chi connectivity index (χ4v) is 1.19. The van der Waals surface area contributed by atoms with Crippen molar-refractivity contribution in [1.82, 2.24) is 20.5 Å². The van der Waals surface area contributed by atoms with Gasteiger partial charge in [-0.3, -0.25) is 9.89 Å². The van der Waals surface area contributed by atoms with Crippen LogP contribution < -0.4 is 11.1 Å². The van der Waals surface area contributed by atoms with Gasteiger partial charge >= 0.3 is 0 Å². The first-order chi connectivity index (χ1) is 7.32. The summed E-state index contributed by atoms with van der Waals surface area (Å²) < 4.78 is 0. The lowest BCUT2D eigenvalue weighted by atomic mass is 9.87. The third-order valence-corrected chi connectivity index (χ3v) is 2.42. The van der Waals surface area contributed by atoms with Gasteiger partial charge in [-0.1, -0.05) is 20.8 Å². The summed E-state index contributed by atoms with van der Waals surface area (Å²) in [6.45, 7) is 7.61. The van der Waals surface area contributed by atoms with Crippen molar-refractivity contribution in [2.45, 2.75) is 39.8 Å². The Morgan fingerprint density at radius 3 is 2.62 bits per heavy atom. The molecule has 1 rings (SSSR count). The van der Waals surface area contributed by atoms with Crippen LogP contribution in [0.15, 0.2) is 6.33 Å². The highest BCUT2D eigenvalue weighted by Crippen LogP contribution is 2.18. The van der Waals surface area contributed by atoms with Crippen molar-refractivity contribution in [3.63, 3.8) is 0 Å². The van der Waals surface area contributed by atoms with Gasteiger partial charge in [-0.05, 0) is 12.3 Å². The van der Waals surface area contributed by atoms with Crippen molar-refractivity contribution < 1.29 is 4.79 Å². The van der Waals surface area contributed by atoms with E-state index in [1.165, 1.54) is 6.33 Å². The van der Waals surface area contributed by atoms with Crippen LogP contribution in [0.3, 0.4) is 0 Å². The Balaban J connectivity index is 2.59. The van der Waals surface area contributed by atoms with Crippen molar-refractivity contribution in [3.05, 3.63) is 12.2 Å². The number of aromatic nitrogens is 3. The molecule has 0 aromatic carbocycles. The largest absolute Gasteiger partial charge is 0.345 e. The maximum Gasteiger partial charge on any atom is 0.238 e. The van der Waals surface area contributed by atoms with Gasteiger partial charge in [0, 0.05) is 0 Å². The molecule has 1 aromatic heterocycles. The number of nitrogens with one attached hydrogen (secondary N) is 2. The zero-order valence-corrected chi connectivity index (χ0v) is 10.1. The average molecular weight is 225 g/mol. The molecule has 0 radical (unpaired) electrons. The standard InChI is InChI=1S/C10H19N5O/c1-6(8-12-5-13-15-8)14-9(16)7(11)10(2,3)4/h5-7H,11H2,1-4H3,(H,14,16)(H,12,13,15)/t6?,7-/m1/s1. The maximum absolute atomic E-state index is 11.8. The second-order valence-corrected chi connectivity index (χ2v) is 4.94. The van der Waals surface area contributed by atoms with E-state index in [0.29, 0.717) is 5.82 Å². The van der Waals surface area contributed by atoms with Crippen molar-refractivity contribution in [3.8, 4) is 0 Å². The lowest BCUT2D eigenvalue weighted by Crippen LogP contribution is -2.49. The summed E-state index contributed by atoms with van der Waals surface area (Å²) in [7, 11) is 0. The molecule has 0 saturated carbocycles. The molecule has 0 bridgehead atoms. The number of aromatic amines is 1. The first kappa shape index (κ1) is 12.6. The maximum atomic E-state index is 11.8. The molecule has 0 aliphatic heterocycles. The van der Waals surface area contributed by atoms with Crippen LogP contribution in [0, 0.1) is 5.41 Å². The number of hydrogen-bond donors (Lipinski definition) is 3. The minimum atomic E-state index is -0.544. The van der Waals surface area contributed by atoms with E-state index in [2.05, 4.69) is 20.5 Å². The van der Waals surface area contributed by atoms with Gasteiger partial charge in [-0.15, -0.1) is 0 Å². The van der Waals surface area contributed by atoms with Gasteiger partial charge in [0.2, 0.25) is 5.91 Å². The summed E-state index contributed by atoms with van der Waals surface area (Å²) in [6.07, 6.45) is 1.40. The molecule has 16 heavy (non-hydrogen) atoms. The molecule has 0 spiro atoms. The van der Waals surface area contributed by atoms with Gasteiger partial charge in [-0.25, -0.2) is 4.98 Å². The van der Waals surface area contributed by atoms with E-state index in [4.69, 9.17) is 5.73 Å². The molecule has 0 saturated heterocycles. The number of amides is 1. The molecule has 1 heterocycles. The number of nitrogens with zero attached hydrogens (tertiary/aromatic N) is 2. The van der Waals surface area contributed by atoms with Gasteiger partial charge in [0.05, 0.1) is 12.1 Å². The van der Waals surface area contributed by atoms with E-state index in [0.717, 1.165) is 0 Å². The van der Waals surface area contributed by atoms with E-state index >= 15 is 0 Å². The molecule has 0 aliphatic rings. The van der Waals surface area contributed by atoms with Gasteiger partial charge in [-0.2, -0.15) is 5.10 Å². The van der Waals surface area contributed by atoms with Crippen LogP contribution in [0.5, 0.6) is 0 Å². The molecular weight excluding hydrogens is 206 g/mol. The molecule has 1 amide bonds. The van der Waals surface area contributed by atoms with E-state index in [1.807, 2.05) is 27.7 Å². The predicted octanol–water partition coefficient (Wildman–Crippen LogP) is 0.355. The van der Waals surface area contributed by atoms with E-state index in [1.54, 1.807) is 0 Å². The predicted molar refractivity (Wildman–Crippen MR) is 60.4 cm³/mol. The highest BCUT2D eigenvalue weighted by molar-refractivity contribution is 5.82. The highest BCUT2D eigenvalue weighted by atomic mass is 16.2. The van der Waals surface area contributed by atoms with Crippen molar-refractivity contribution >= 4 is 5.91 Å². The smallest absolute Gasteiger partial charge is 0.238 e. The monoisotopic (exact) mass is 225 g/mol. The lowest BCUT2D eigenvalue weighted by molar-refractivity contribution is -0.125. The molecule has 1 unspecified atom stereocenters. The molecule has 0 aliphatic carbocycles. The zero-order chi connectivity index (χ0) is 12.3. The summed E-state index contributed by atoms with van der Waals surface area (Å²) in [5, 5.41) is 9.22. The van der Waals surface area contributed by atoms with Gasteiger partial charge in [0.1, 0.15) is 12.2 Å². The van der Waals surface area contributed by atoms with Gasteiger partial charge in [0.15, 0.2) is 0 Å². The van der Waals surface area contributed by atoms with Crippen LogP contribution in [0.1, 0.15) is 39.6 Å². The zero-order valence-electron chi connectivity index (χ0n) is 10.1. The normalized spacial score (nSPS) is 15.6. The number of rotatable bonds is 3. The summed E-state index contributed by atoms with van der Waals surface area (Å²) in [5.41, 5.74) is 5.58. The molecule has 90 valence electrons. The summed E-state index contributed by atoms with van der Waals surface area (Å²) in [5.74, 6) is 0.436. The van der Waals surface area contributed by atoms with Crippen LogP contribution in [0.2, 0.25) is 0 Å². The summed E-state index contributed by atoms with van der Waals surface area (Å²) >= 11 is 0. The van der Waals surface area contributed by atoms with Crippen LogP contribution in [-0.2, 0) is 4.79 Å².